The average molecular weight is 567 g/mol. The number of nitrogens with one attached hydrogen (secondary N) is 2. The number of carbonyl (C=O) groups is 5. The molecule has 0 spiro atoms. The highest BCUT2D eigenvalue weighted by atomic mass is 16.4. The lowest BCUT2D eigenvalue weighted by Gasteiger charge is -2.36. The van der Waals surface area contributed by atoms with Crippen LogP contribution in [-0.4, -0.2) is 62.0 Å². The molecule has 0 saturated carbocycles. The molecule has 4 N–H and O–H groups in total. The first-order valence-corrected chi connectivity index (χ1v) is 13.3. The molecular formula is C31H26N4O7. The number of rotatable bonds is 7. The van der Waals surface area contributed by atoms with Crippen molar-refractivity contribution in [2.45, 2.75) is 37.9 Å². The standard InChI is InChI=1S/C31H26N4O7/c1-16-10-12-17(13-11-16)27-26-20(18-6-2-4-8-21(18)32-26)14-24-29(39)35(31(42)34(24)27)23-9-5-3-7-19(23)28(38)33-22(30(40)41)15-25(36)37/h2-13,22,24,27,32H,14-15H2,1H3,(H,33,38)(H,36,37)(H,40,41)/t22-,24-,27?/m0/s1. The van der Waals surface area contributed by atoms with Crippen LogP contribution in [-0.2, 0) is 20.8 Å². The number of para-hydroxylation sites is 2. The topological polar surface area (TPSA) is 160 Å². The van der Waals surface area contributed by atoms with Gasteiger partial charge >= 0.3 is 18.0 Å². The second kappa shape index (κ2) is 10.2. The van der Waals surface area contributed by atoms with Gasteiger partial charge in [-0.15, -0.1) is 0 Å². The van der Waals surface area contributed by atoms with E-state index in [9.17, 15) is 29.1 Å². The summed E-state index contributed by atoms with van der Waals surface area (Å²) in [6.07, 6.45) is -0.582. The van der Waals surface area contributed by atoms with Gasteiger partial charge in [0.1, 0.15) is 18.1 Å². The Balaban J connectivity index is 1.42. The van der Waals surface area contributed by atoms with Gasteiger partial charge in [-0.25, -0.2) is 14.5 Å². The number of aliphatic carboxylic acids is 2. The molecule has 0 bridgehead atoms. The van der Waals surface area contributed by atoms with E-state index in [4.69, 9.17) is 5.11 Å². The van der Waals surface area contributed by atoms with Crippen molar-refractivity contribution in [1.29, 1.82) is 0 Å². The van der Waals surface area contributed by atoms with Gasteiger partial charge < -0.3 is 20.5 Å². The second-order valence-electron chi connectivity index (χ2n) is 10.4. The van der Waals surface area contributed by atoms with Crippen molar-refractivity contribution in [3.05, 3.63) is 101 Å². The lowest BCUT2D eigenvalue weighted by molar-refractivity contribution is -0.145. The number of aryl methyl sites for hydroxylation is 1. The van der Waals surface area contributed by atoms with Crippen molar-refractivity contribution in [3.63, 3.8) is 0 Å². The Morgan fingerprint density at radius 3 is 2.38 bits per heavy atom. The molecule has 11 nitrogen and oxygen atoms in total. The number of anilines is 1. The van der Waals surface area contributed by atoms with Crippen molar-refractivity contribution >= 4 is 46.4 Å². The zero-order chi connectivity index (χ0) is 29.7. The van der Waals surface area contributed by atoms with Crippen molar-refractivity contribution in [2.24, 2.45) is 0 Å². The first-order chi connectivity index (χ1) is 20.2. The molecule has 3 heterocycles. The fourth-order valence-electron chi connectivity index (χ4n) is 5.86. The van der Waals surface area contributed by atoms with E-state index in [-0.39, 0.29) is 17.7 Å². The molecule has 212 valence electrons. The number of hydrogen-bond acceptors (Lipinski definition) is 5. The summed E-state index contributed by atoms with van der Waals surface area (Å²) >= 11 is 0. The second-order valence-corrected chi connectivity index (χ2v) is 10.4. The molecule has 4 aromatic rings. The molecule has 3 atom stereocenters. The number of hydrogen-bond donors (Lipinski definition) is 4. The van der Waals surface area contributed by atoms with Crippen molar-refractivity contribution in [3.8, 4) is 0 Å². The van der Waals surface area contributed by atoms with Gasteiger partial charge in [0.15, 0.2) is 0 Å². The minimum atomic E-state index is -1.70. The van der Waals surface area contributed by atoms with E-state index in [2.05, 4.69) is 10.3 Å². The molecule has 1 unspecified atom stereocenters. The van der Waals surface area contributed by atoms with E-state index < -0.39 is 54.3 Å². The third kappa shape index (κ3) is 4.35. The molecule has 2 aliphatic rings. The van der Waals surface area contributed by atoms with Gasteiger partial charge in [0.05, 0.1) is 17.7 Å². The van der Waals surface area contributed by atoms with Gasteiger partial charge in [-0.1, -0.05) is 60.2 Å². The summed E-state index contributed by atoms with van der Waals surface area (Å²) < 4.78 is 0. The smallest absolute Gasteiger partial charge is 0.332 e. The first-order valence-electron chi connectivity index (χ1n) is 13.3. The van der Waals surface area contributed by atoms with E-state index >= 15 is 0 Å². The molecule has 0 aliphatic carbocycles. The summed E-state index contributed by atoms with van der Waals surface area (Å²) in [5, 5.41) is 21.6. The number of aromatic nitrogens is 1. The minimum absolute atomic E-state index is 0.0185. The molecule has 1 saturated heterocycles. The van der Waals surface area contributed by atoms with Gasteiger partial charge in [0.2, 0.25) is 0 Å². The number of aromatic amines is 1. The Morgan fingerprint density at radius 1 is 0.976 bits per heavy atom. The minimum Gasteiger partial charge on any atom is -0.481 e. The van der Waals surface area contributed by atoms with Crippen LogP contribution in [0, 0.1) is 6.92 Å². The van der Waals surface area contributed by atoms with E-state index in [1.54, 1.807) is 6.07 Å². The molecule has 11 heteroatoms. The lowest BCUT2D eigenvalue weighted by atomic mass is 9.88. The predicted molar refractivity (Wildman–Crippen MR) is 151 cm³/mol. The number of urea groups is 1. The number of carboxylic acid groups (broad SMARTS) is 2. The molecular weight excluding hydrogens is 540 g/mol. The Bertz CT molecular complexity index is 1780. The van der Waals surface area contributed by atoms with Gasteiger partial charge in [-0.3, -0.25) is 19.3 Å². The quantitative estimate of drug-likeness (QED) is 0.249. The number of benzene rings is 3. The zero-order valence-electron chi connectivity index (χ0n) is 22.4. The summed E-state index contributed by atoms with van der Waals surface area (Å²) in [5.74, 6) is -4.37. The number of imide groups is 1. The van der Waals surface area contributed by atoms with E-state index in [1.165, 1.54) is 23.1 Å². The third-order valence-electron chi connectivity index (χ3n) is 7.81. The molecule has 1 aromatic heterocycles. The SMILES string of the molecule is Cc1ccc(C2c3[nH]c4ccccc4c3C[C@H]3C(=O)N(c4ccccc4C(=O)N[C@@H](CC(=O)O)C(=O)O)C(=O)N23)cc1. The monoisotopic (exact) mass is 566 g/mol. The maximum Gasteiger partial charge on any atom is 0.332 e. The van der Waals surface area contributed by atoms with Crippen LogP contribution in [0.5, 0.6) is 0 Å². The Hall–Kier alpha value is -5.45. The molecule has 0 radical (unpaired) electrons. The lowest BCUT2D eigenvalue weighted by Crippen LogP contribution is -2.44. The number of amides is 4. The molecule has 1 fully saturated rings. The van der Waals surface area contributed by atoms with Crippen LogP contribution in [0.15, 0.2) is 72.8 Å². The van der Waals surface area contributed by atoms with Crippen LogP contribution in [0.4, 0.5) is 10.5 Å². The highest BCUT2D eigenvalue weighted by Crippen LogP contribution is 2.45. The van der Waals surface area contributed by atoms with E-state index in [1.807, 2.05) is 55.5 Å². The van der Waals surface area contributed by atoms with Gasteiger partial charge in [-0.2, -0.15) is 0 Å². The van der Waals surface area contributed by atoms with E-state index in [0.29, 0.717) is 0 Å². The fourth-order valence-corrected chi connectivity index (χ4v) is 5.86. The van der Waals surface area contributed by atoms with Crippen molar-refractivity contribution < 1.29 is 34.2 Å². The number of carboxylic acids is 2. The normalized spacial score (nSPS) is 18.5. The number of fused-ring (bicyclic) bond motifs is 4. The Kier molecular flexibility index (Phi) is 6.49. The summed E-state index contributed by atoms with van der Waals surface area (Å²) in [6, 6.07) is 17.6. The highest BCUT2D eigenvalue weighted by molar-refractivity contribution is 6.24. The maximum absolute atomic E-state index is 14.2. The molecule has 6 rings (SSSR count). The summed E-state index contributed by atoms with van der Waals surface area (Å²) in [6.45, 7) is 1.96. The van der Waals surface area contributed by atoms with Gasteiger partial charge in [-0.05, 0) is 36.2 Å². The van der Waals surface area contributed by atoms with Crippen molar-refractivity contribution in [1.82, 2.24) is 15.2 Å². The van der Waals surface area contributed by atoms with Crippen molar-refractivity contribution in [2.75, 3.05) is 4.90 Å². The average Bonchev–Trinajstić information content (AvgIpc) is 3.46. The fraction of sp³-hybridized carbons (Fsp3) is 0.194. The summed E-state index contributed by atoms with van der Waals surface area (Å²) in [7, 11) is 0. The summed E-state index contributed by atoms with van der Waals surface area (Å²) in [5.41, 5.74) is 4.34. The highest BCUT2D eigenvalue weighted by Gasteiger charge is 2.53. The number of nitrogens with zero attached hydrogens (tertiary/aromatic N) is 2. The van der Waals surface area contributed by atoms with E-state index in [0.717, 1.165) is 38.2 Å². The molecule has 42 heavy (non-hydrogen) atoms. The van der Waals surface area contributed by atoms with Crippen LogP contribution >= 0.6 is 0 Å². The Labute approximate surface area is 239 Å². The Morgan fingerprint density at radius 2 is 1.67 bits per heavy atom. The maximum atomic E-state index is 14.2. The largest absolute Gasteiger partial charge is 0.481 e. The van der Waals surface area contributed by atoms with Crippen LogP contribution in [0.3, 0.4) is 0 Å². The molecule has 2 aliphatic heterocycles. The van der Waals surface area contributed by atoms with Crippen LogP contribution in [0.25, 0.3) is 10.9 Å². The predicted octanol–water partition coefficient (Wildman–Crippen LogP) is 3.62. The third-order valence-corrected chi connectivity index (χ3v) is 7.81. The van der Waals surface area contributed by atoms with Gasteiger partial charge in [0.25, 0.3) is 11.8 Å². The zero-order valence-corrected chi connectivity index (χ0v) is 22.4. The molecule has 3 aromatic carbocycles. The van der Waals surface area contributed by atoms with Crippen LogP contribution < -0.4 is 10.2 Å². The molecule has 4 amide bonds. The van der Waals surface area contributed by atoms with Crippen LogP contribution in [0.1, 0.15) is 45.2 Å². The van der Waals surface area contributed by atoms with Crippen LogP contribution in [0.2, 0.25) is 0 Å². The number of H-pyrrole nitrogens is 1. The first kappa shape index (κ1) is 26.8. The van der Waals surface area contributed by atoms with Gasteiger partial charge in [0, 0.05) is 23.0 Å². The number of carbonyl (C=O) groups excluding carboxylic acids is 3. The summed E-state index contributed by atoms with van der Waals surface area (Å²) in [4.78, 5) is 70.1.